The van der Waals surface area contributed by atoms with Crippen molar-refractivity contribution in [1.82, 2.24) is 10.3 Å². The molecule has 0 saturated carbocycles. The maximum Gasteiger partial charge on any atom is 0.141 e. The van der Waals surface area contributed by atoms with Crippen LogP contribution in [0.2, 0.25) is 0 Å². The van der Waals surface area contributed by atoms with Gasteiger partial charge in [0, 0.05) is 12.1 Å². The zero-order valence-corrected chi connectivity index (χ0v) is 11.6. The molecule has 20 heavy (non-hydrogen) atoms. The zero-order chi connectivity index (χ0) is 14.5. The third-order valence-corrected chi connectivity index (χ3v) is 3.34. The van der Waals surface area contributed by atoms with Crippen LogP contribution in [0, 0.1) is 11.6 Å². The van der Waals surface area contributed by atoms with Gasteiger partial charge < -0.3 is 5.32 Å². The van der Waals surface area contributed by atoms with Gasteiger partial charge in [0.2, 0.25) is 0 Å². The van der Waals surface area contributed by atoms with E-state index in [1.165, 1.54) is 24.4 Å². The van der Waals surface area contributed by atoms with Crippen LogP contribution in [0.4, 0.5) is 8.78 Å². The molecule has 0 saturated heterocycles. The van der Waals surface area contributed by atoms with Crippen LogP contribution in [0.1, 0.15) is 43.6 Å². The molecule has 0 radical (unpaired) electrons. The third kappa shape index (κ3) is 3.61. The van der Waals surface area contributed by atoms with E-state index in [1.807, 2.05) is 13.8 Å². The van der Waals surface area contributed by atoms with E-state index >= 15 is 0 Å². The number of rotatable bonds is 5. The van der Waals surface area contributed by atoms with Crippen LogP contribution in [0.15, 0.2) is 42.6 Å². The second kappa shape index (κ2) is 6.57. The molecule has 0 bridgehead atoms. The molecular formula is C16H18F2N2. The fourth-order valence-electron chi connectivity index (χ4n) is 2.16. The van der Waals surface area contributed by atoms with Crippen LogP contribution in [-0.4, -0.2) is 4.98 Å². The summed E-state index contributed by atoms with van der Waals surface area (Å²) >= 11 is 0. The van der Waals surface area contributed by atoms with Crippen molar-refractivity contribution in [1.29, 1.82) is 0 Å². The lowest BCUT2D eigenvalue weighted by Gasteiger charge is -2.22. The van der Waals surface area contributed by atoms with Crippen LogP contribution >= 0.6 is 0 Å². The van der Waals surface area contributed by atoms with E-state index in [0.29, 0.717) is 0 Å². The molecule has 0 aliphatic carbocycles. The van der Waals surface area contributed by atoms with Gasteiger partial charge in [0.25, 0.3) is 0 Å². The molecule has 106 valence electrons. The molecule has 1 heterocycles. The van der Waals surface area contributed by atoms with Crippen molar-refractivity contribution in [2.75, 3.05) is 0 Å². The number of aromatic nitrogens is 1. The Labute approximate surface area is 117 Å². The molecule has 1 aromatic carbocycles. The minimum atomic E-state index is -0.338. The van der Waals surface area contributed by atoms with Gasteiger partial charge in [-0.2, -0.15) is 0 Å². The van der Waals surface area contributed by atoms with Crippen molar-refractivity contribution in [3.63, 3.8) is 0 Å². The lowest BCUT2D eigenvalue weighted by atomic mass is 10.0. The molecule has 1 N–H and O–H groups in total. The van der Waals surface area contributed by atoms with Crippen molar-refractivity contribution in [2.24, 2.45) is 0 Å². The van der Waals surface area contributed by atoms with Crippen molar-refractivity contribution >= 4 is 0 Å². The SMILES string of the molecule is CCC(N[C@H](C)c1ccc(F)cc1)c1ccc(F)cn1. The van der Waals surface area contributed by atoms with Crippen molar-refractivity contribution in [3.8, 4) is 0 Å². The lowest BCUT2D eigenvalue weighted by molar-refractivity contribution is 0.446. The highest BCUT2D eigenvalue weighted by Gasteiger charge is 2.15. The van der Waals surface area contributed by atoms with E-state index in [-0.39, 0.29) is 23.7 Å². The topological polar surface area (TPSA) is 24.9 Å². The van der Waals surface area contributed by atoms with E-state index in [1.54, 1.807) is 18.2 Å². The van der Waals surface area contributed by atoms with Gasteiger partial charge in [-0.05, 0) is 43.2 Å². The first kappa shape index (κ1) is 14.6. The second-order valence-electron chi connectivity index (χ2n) is 4.80. The Kier molecular flexibility index (Phi) is 4.79. The Morgan fingerprint density at radius 1 is 1.05 bits per heavy atom. The molecular weight excluding hydrogens is 258 g/mol. The fourth-order valence-corrected chi connectivity index (χ4v) is 2.16. The third-order valence-electron chi connectivity index (χ3n) is 3.34. The fraction of sp³-hybridized carbons (Fsp3) is 0.312. The first-order valence-corrected chi connectivity index (χ1v) is 6.73. The van der Waals surface area contributed by atoms with Gasteiger partial charge in [-0.1, -0.05) is 19.1 Å². The van der Waals surface area contributed by atoms with Crippen molar-refractivity contribution < 1.29 is 8.78 Å². The molecule has 4 heteroatoms. The predicted octanol–water partition coefficient (Wildman–Crippen LogP) is 4.16. The Morgan fingerprint density at radius 2 is 1.70 bits per heavy atom. The van der Waals surface area contributed by atoms with Gasteiger partial charge in [-0.3, -0.25) is 4.98 Å². The highest BCUT2D eigenvalue weighted by Crippen LogP contribution is 2.21. The summed E-state index contributed by atoms with van der Waals surface area (Å²) in [6, 6.07) is 9.62. The molecule has 2 aromatic rings. The molecule has 2 nitrogen and oxygen atoms in total. The first-order chi connectivity index (χ1) is 9.60. The smallest absolute Gasteiger partial charge is 0.141 e. The highest BCUT2D eigenvalue weighted by atomic mass is 19.1. The Morgan fingerprint density at radius 3 is 2.25 bits per heavy atom. The van der Waals surface area contributed by atoms with Gasteiger partial charge in [-0.25, -0.2) is 8.78 Å². The Bertz CT molecular complexity index is 537. The van der Waals surface area contributed by atoms with Crippen LogP contribution in [0.25, 0.3) is 0 Å². The number of pyridine rings is 1. The number of nitrogens with zero attached hydrogens (tertiary/aromatic N) is 1. The van der Waals surface area contributed by atoms with E-state index in [4.69, 9.17) is 0 Å². The maximum atomic E-state index is 12.9. The number of benzene rings is 1. The van der Waals surface area contributed by atoms with Gasteiger partial charge in [0.15, 0.2) is 0 Å². The quantitative estimate of drug-likeness (QED) is 0.887. The predicted molar refractivity (Wildman–Crippen MR) is 75.2 cm³/mol. The van der Waals surface area contributed by atoms with Crippen LogP contribution in [0.3, 0.4) is 0 Å². The zero-order valence-electron chi connectivity index (χ0n) is 11.6. The summed E-state index contributed by atoms with van der Waals surface area (Å²) in [5, 5.41) is 3.43. The normalized spacial score (nSPS) is 14.0. The van der Waals surface area contributed by atoms with E-state index in [2.05, 4.69) is 10.3 Å². The van der Waals surface area contributed by atoms with Gasteiger partial charge in [-0.15, -0.1) is 0 Å². The molecule has 0 amide bonds. The second-order valence-corrected chi connectivity index (χ2v) is 4.80. The minimum Gasteiger partial charge on any atom is -0.302 e. The summed E-state index contributed by atoms with van der Waals surface area (Å²) in [6.07, 6.45) is 2.06. The summed E-state index contributed by atoms with van der Waals surface area (Å²) in [5.74, 6) is -0.580. The number of hydrogen-bond acceptors (Lipinski definition) is 2. The summed E-state index contributed by atoms with van der Waals surface area (Å²) < 4.78 is 25.8. The summed E-state index contributed by atoms with van der Waals surface area (Å²) in [7, 11) is 0. The van der Waals surface area contributed by atoms with E-state index in [9.17, 15) is 8.78 Å². The maximum absolute atomic E-state index is 12.9. The molecule has 0 aliphatic heterocycles. The molecule has 0 fully saturated rings. The molecule has 2 rings (SSSR count). The van der Waals surface area contributed by atoms with Crippen molar-refractivity contribution in [3.05, 3.63) is 65.5 Å². The lowest BCUT2D eigenvalue weighted by Crippen LogP contribution is -2.25. The number of hydrogen-bond donors (Lipinski definition) is 1. The van der Waals surface area contributed by atoms with Crippen LogP contribution < -0.4 is 5.32 Å². The summed E-state index contributed by atoms with van der Waals surface area (Å²) in [5.41, 5.74) is 1.81. The Balaban J connectivity index is 2.09. The van der Waals surface area contributed by atoms with Crippen LogP contribution in [-0.2, 0) is 0 Å². The highest BCUT2D eigenvalue weighted by molar-refractivity contribution is 5.20. The molecule has 2 atom stereocenters. The van der Waals surface area contributed by atoms with Gasteiger partial charge >= 0.3 is 0 Å². The monoisotopic (exact) mass is 276 g/mol. The molecule has 0 spiro atoms. The molecule has 0 aliphatic rings. The van der Waals surface area contributed by atoms with Crippen molar-refractivity contribution in [2.45, 2.75) is 32.4 Å². The van der Waals surface area contributed by atoms with Gasteiger partial charge in [0.1, 0.15) is 11.6 Å². The Hall–Kier alpha value is -1.81. The average molecular weight is 276 g/mol. The average Bonchev–Trinajstić information content (AvgIpc) is 2.46. The van der Waals surface area contributed by atoms with E-state index in [0.717, 1.165) is 17.7 Å². The molecule has 1 aromatic heterocycles. The summed E-state index contributed by atoms with van der Waals surface area (Å²) in [4.78, 5) is 4.11. The largest absolute Gasteiger partial charge is 0.302 e. The van der Waals surface area contributed by atoms with Crippen LogP contribution in [0.5, 0.6) is 0 Å². The van der Waals surface area contributed by atoms with Gasteiger partial charge in [0.05, 0.1) is 11.9 Å². The first-order valence-electron chi connectivity index (χ1n) is 6.73. The van der Waals surface area contributed by atoms with E-state index < -0.39 is 0 Å². The molecule has 1 unspecified atom stereocenters. The summed E-state index contributed by atoms with van der Waals surface area (Å²) in [6.45, 7) is 4.06. The number of halogens is 2. The standard InChI is InChI=1S/C16H18F2N2/c1-3-15(16-9-8-14(18)10-19-16)20-11(2)12-4-6-13(17)7-5-12/h4-11,15,20H,3H2,1-2H3/t11-,15?/m1/s1. The minimum absolute atomic E-state index is 0.0376. The number of nitrogens with one attached hydrogen (secondary N) is 1.